The Bertz CT molecular complexity index is 1270. The lowest BCUT2D eigenvalue weighted by atomic mass is 10.1. The Hall–Kier alpha value is -2.83. The van der Waals surface area contributed by atoms with Gasteiger partial charge in [-0.25, -0.2) is 4.79 Å². The number of nitrogens with one attached hydrogen (secondary N) is 1. The van der Waals surface area contributed by atoms with Crippen molar-refractivity contribution in [2.75, 3.05) is 31.1 Å². The van der Waals surface area contributed by atoms with E-state index < -0.39 is 5.69 Å². The first kappa shape index (κ1) is 19.2. The Morgan fingerprint density at radius 3 is 2.50 bits per heavy atom. The van der Waals surface area contributed by atoms with Gasteiger partial charge in [-0.3, -0.25) is 4.90 Å². The van der Waals surface area contributed by atoms with Crippen LogP contribution in [-0.2, 0) is 0 Å². The van der Waals surface area contributed by atoms with Gasteiger partial charge in [0.1, 0.15) is 11.3 Å². The number of benzene rings is 2. The highest BCUT2D eigenvalue weighted by atomic mass is 35.5. The summed E-state index contributed by atoms with van der Waals surface area (Å²) in [6.45, 7) is 8.64. The molecule has 30 heavy (non-hydrogen) atoms. The molecule has 0 radical (unpaired) electrons. The van der Waals surface area contributed by atoms with Crippen molar-refractivity contribution in [1.29, 1.82) is 0 Å². The second-order valence-electron chi connectivity index (χ2n) is 8.00. The highest BCUT2D eigenvalue weighted by Crippen LogP contribution is 2.34. The summed E-state index contributed by atoms with van der Waals surface area (Å²) in [6.07, 6.45) is 0. The zero-order valence-electron chi connectivity index (χ0n) is 17.0. The molecule has 0 bridgehead atoms. The van der Waals surface area contributed by atoms with E-state index >= 15 is 0 Å². The van der Waals surface area contributed by atoms with Crippen LogP contribution in [0, 0.1) is 0 Å². The van der Waals surface area contributed by atoms with E-state index in [0.29, 0.717) is 33.4 Å². The molecule has 154 valence electrons. The number of fused-ring (bicyclic) bond motifs is 3. The van der Waals surface area contributed by atoms with Gasteiger partial charge in [0, 0.05) is 53.9 Å². The molecule has 0 unspecified atom stereocenters. The van der Waals surface area contributed by atoms with Gasteiger partial charge in [-0.05, 0) is 44.2 Å². The van der Waals surface area contributed by atoms with Crippen molar-refractivity contribution in [3.05, 3.63) is 58.0 Å². The number of piperazine rings is 1. The topological polar surface area (TPSA) is 65.4 Å². The molecule has 1 aliphatic rings. The largest absolute Gasteiger partial charge is 0.452 e. The van der Waals surface area contributed by atoms with Crippen LogP contribution in [-0.4, -0.2) is 47.1 Å². The van der Waals surface area contributed by atoms with Crippen LogP contribution < -0.4 is 10.6 Å². The Morgan fingerprint density at radius 2 is 1.80 bits per heavy atom. The number of halogens is 1. The van der Waals surface area contributed by atoms with E-state index in [4.69, 9.17) is 16.0 Å². The highest BCUT2D eigenvalue weighted by molar-refractivity contribution is 6.31. The van der Waals surface area contributed by atoms with E-state index in [1.54, 1.807) is 18.2 Å². The van der Waals surface area contributed by atoms with Gasteiger partial charge >= 0.3 is 5.69 Å². The van der Waals surface area contributed by atoms with E-state index in [-0.39, 0.29) is 0 Å². The molecular formula is C23H23ClN4O2. The predicted octanol–water partition coefficient (Wildman–Crippen LogP) is 4.52. The molecule has 2 aromatic carbocycles. The number of hydrogen-bond acceptors (Lipinski definition) is 5. The lowest BCUT2D eigenvalue weighted by molar-refractivity contribution is 0.209. The van der Waals surface area contributed by atoms with Gasteiger partial charge in [0.25, 0.3) is 0 Å². The molecule has 2 aromatic heterocycles. The fourth-order valence-corrected chi connectivity index (χ4v) is 4.34. The molecule has 4 aromatic rings. The lowest BCUT2D eigenvalue weighted by Gasteiger charge is -2.38. The molecule has 0 saturated carbocycles. The molecule has 0 aliphatic carbocycles. The molecule has 0 spiro atoms. The second kappa shape index (κ2) is 7.45. The van der Waals surface area contributed by atoms with Crippen LogP contribution in [0.1, 0.15) is 13.8 Å². The van der Waals surface area contributed by atoms with Gasteiger partial charge in [-0.1, -0.05) is 23.7 Å². The minimum absolute atomic E-state index is 0.408. The summed E-state index contributed by atoms with van der Waals surface area (Å²) in [5.74, 6) is 0. The maximum absolute atomic E-state index is 12.2. The van der Waals surface area contributed by atoms with Crippen LogP contribution in [0.2, 0.25) is 5.02 Å². The molecular weight excluding hydrogens is 400 g/mol. The van der Waals surface area contributed by atoms with Crippen LogP contribution >= 0.6 is 11.6 Å². The number of aromatic amines is 1. The zero-order valence-corrected chi connectivity index (χ0v) is 17.7. The van der Waals surface area contributed by atoms with Crippen molar-refractivity contribution in [3.63, 3.8) is 0 Å². The first-order valence-electron chi connectivity index (χ1n) is 10.2. The van der Waals surface area contributed by atoms with Crippen LogP contribution in [0.3, 0.4) is 0 Å². The van der Waals surface area contributed by atoms with E-state index in [9.17, 15) is 4.79 Å². The summed E-state index contributed by atoms with van der Waals surface area (Å²) in [7, 11) is 0. The van der Waals surface area contributed by atoms with Crippen molar-refractivity contribution in [2.24, 2.45) is 0 Å². The summed E-state index contributed by atoms with van der Waals surface area (Å²) in [4.78, 5) is 24.1. The monoisotopic (exact) mass is 422 g/mol. The number of hydrogen-bond donors (Lipinski definition) is 1. The van der Waals surface area contributed by atoms with Crippen molar-refractivity contribution in [1.82, 2.24) is 14.9 Å². The van der Waals surface area contributed by atoms with Crippen molar-refractivity contribution >= 4 is 39.4 Å². The SMILES string of the molecule is CC(C)N1CCN(c2ccc(-c3nc(=O)[nH]c4c3oc3ccc(Cl)cc34)cc2)CC1. The molecule has 1 aliphatic heterocycles. The maximum Gasteiger partial charge on any atom is 0.346 e. The van der Waals surface area contributed by atoms with E-state index in [1.807, 2.05) is 12.1 Å². The number of rotatable bonds is 3. The first-order chi connectivity index (χ1) is 14.5. The van der Waals surface area contributed by atoms with E-state index in [1.165, 1.54) is 5.69 Å². The Balaban J connectivity index is 1.50. The Labute approximate surface area is 179 Å². The second-order valence-corrected chi connectivity index (χ2v) is 8.44. The lowest BCUT2D eigenvalue weighted by Crippen LogP contribution is -2.48. The molecule has 6 nitrogen and oxygen atoms in total. The normalized spacial score (nSPS) is 15.5. The van der Waals surface area contributed by atoms with Crippen molar-refractivity contribution in [2.45, 2.75) is 19.9 Å². The van der Waals surface area contributed by atoms with Gasteiger partial charge in [0.15, 0.2) is 5.58 Å². The number of anilines is 1. The van der Waals surface area contributed by atoms with Crippen LogP contribution in [0.25, 0.3) is 33.3 Å². The third kappa shape index (κ3) is 3.36. The summed E-state index contributed by atoms with van der Waals surface area (Å²) < 4.78 is 6.02. The van der Waals surface area contributed by atoms with Gasteiger partial charge in [-0.15, -0.1) is 0 Å². The number of furan rings is 1. The molecule has 5 rings (SSSR count). The summed E-state index contributed by atoms with van der Waals surface area (Å²) in [6, 6.07) is 14.1. The van der Waals surface area contributed by atoms with E-state index in [0.717, 1.165) is 37.1 Å². The van der Waals surface area contributed by atoms with Crippen LogP contribution in [0.15, 0.2) is 51.7 Å². The third-order valence-corrected chi connectivity index (χ3v) is 6.10. The minimum Gasteiger partial charge on any atom is -0.452 e. The standard InChI is InChI=1S/C23H23ClN4O2/c1-14(2)27-9-11-28(12-10-27)17-6-3-15(4-7-17)20-22-21(26-23(29)25-20)18-13-16(24)5-8-19(18)30-22/h3-8,13-14H,9-12H2,1-2H3,(H,25,26,29). The Morgan fingerprint density at radius 1 is 1.07 bits per heavy atom. The van der Waals surface area contributed by atoms with Gasteiger partial charge in [0.2, 0.25) is 0 Å². The maximum atomic E-state index is 12.2. The smallest absolute Gasteiger partial charge is 0.346 e. The average molecular weight is 423 g/mol. The fourth-order valence-electron chi connectivity index (χ4n) is 4.17. The highest BCUT2D eigenvalue weighted by Gasteiger charge is 2.20. The van der Waals surface area contributed by atoms with Gasteiger partial charge < -0.3 is 14.3 Å². The third-order valence-electron chi connectivity index (χ3n) is 5.86. The molecule has 0 amide bonds. The zero-order chi connectivity index (χ0) is 20.8. The molecule has 3 heterocycles. The number of aromatic nitrogens is 2. The molecule has 1 saturated heterocycles. The quantitative estimate of drug-likeness (QED) is 0.525. The van der Waals surface area contributed by atoms with Crippen LogP contribution in [0.4, 0.5) is 5.69 Å². The van der Waals surface area contributed by atoms with Gasteiger partial charge in [-0.2, -0.15) is 4.98 Å². The molecule has 7 heteroatoms. The first-order valence-corrected chi connectivity index (χ1v) is 10.6. The van der Waals surface area contributed by atoms with Gasteiger partial charge in [0.05, 0.1) is 5.52 Å². The summed E-state index contributed by atoms with van der Waals surface area (Å²) in [5, 5.41) is 1.37. The van der Waals surface area contributed by atoms with Crippen molar-refractivity contribution < 1.29 is 4.42 Å². The molecule has 1 fully saturated rings. The van der Waals surface area contributed by atoms with Crippen LogP contribution in [0.5, 0.6) is 0 Å². The number of H-pyrrole nitrogens is 1. The number of nitrogens with zero attached hydrogens (tertiary/aromatic N) is 3. The molecule has 1 N–H and O–H groups in total. The summed E-state index contributed by atoms with van der Waals surface area (Å²) in [5.41, 5.74) is 4.01. The summed E-state index contributed by atoms with van der Waals surface area (Å²) >= 11 is 6.13. The Kier molecular flexibility index (Phi) is 4.76. The molecule has 0 atom stereocenters. The van der Waals surface area contributed by atoms with E-state index in [2.05, 4.69) is 45.7 Å². The predicted molar refractivity (Wildman–Crippen MR) is 122 cm³/mol. The fraction of sp³-hybridized carbons (Fsp3) is 0.304. The van der Waals surface area contributed by atoms with Crippen molar-refractivity contribution in [3.8, 4) is 11.3 Å². The minimum atomic E-state index is -0.408. The average Bonchev–Trinajstić information content (AvgIpc) is 3.11.